The minimum atomic E-state index is -3.58. The van der Waals surface area contributed by atoms with Gasteiger partial charge in [-0.2, -0.15) is 8.42 Å². The molecule has 0 saturated carbocycles. The Hall–Kier alpha value is -0.980. The van der Waals surface area contributed by atoms with Crippen LogP contribution in [0.1, 0.15) is 0 Å². The standard InChI is InChI=1S/C7H10ClN3O2S/c1-10-14(12,13)11-7-5(8)3-2-4-6(7)9/h2-4,10-11H,9H2,1H3. The third kappa shape index (κ3) is 2.50. The maximum absolute atomic E-state index is 11.1. The van der Waals surface area contributed by atoms with Crippen molar-refractivity contribution in [1.29, 1.82) is 0 Å². The highest BCUT2D eigenvalue weighted by Gasteiger charge is 2.11. The number of hydrogen-bond acceptors (Lipinski definition) is 3. The number of benzene rings is 1. The average molecular weight is 236 g/mol. The Balaban J connectivity index is 3.09. The van der Waals surface area contributed by atoms with Crippen LogP contribution in [0, 0.1) is 0 Å². The largest absolute Gasteiger partial charge is 0.397 e. The van der Waals surface area contributed by atoms with E-state index >= 15 is 0 Å². The summed E-state index contributed by atoms with van der Waals surface area (Å²) in [6.07, 6.45) is 0. The van der Waals surface area contributed by atoms with Crippen molar-refractivity contribution in [3.8, 4) is 0 Å². The summed E-state index contributed by atoms with van der Waals surface area (Å²) in [4.78, 5) is 0. The Labute approximate surface area is 87.4 Å². The van der Waals surface area contributed by atoms with E-state index in [9.17, 15) is 8.42 Å². The van der Waals surface area contributed by atoms with Gasteiger partial charge in [0, 0.05) is 7.05 Å². The van der Waals surface area contributed by atoms with Crippen LogP contribution >= 0.6 is 11.6 Å². The number of hydrogen-bond donors (Lipinski definition) is 3. The highest BCUT2D eigenvalue weighted by atomic mass is 35.5. The Morgan fingerprint density at radius 3 is 2.57 bits per heavy atom. The molecule has 4 N–H and O–H groups in total. The fraction of sp³-hybridized carbons (Fsp3) is 0.143. The summed E-state index contributed by atoms with van der Waals surface area (Å²) in [6.45, 7) is 0. The Morgan fingerprint density at radius 2 is 2.07 bits per heavy atom. The van der Waals surface area contributed by atoms with Crippen molar-refractivity contribution in [2.75, 3.05) is 17.5 Å². The van der Waals surface area contributed by atoms with Crippen LogP contribution in [0.25, 0.3) is 0 Å². The summed E-state index contributed by atoms with van der Waals surface area (Å²) in [5.74, 6) is 0. The van der Waals surface area contributed by atoms with E-state index in [1.165, 1.54) is 7.05 Å². The van der Waals surface area contributed by atoms with Crippen LogP contribution in [0.3, 0.4) is 0 Å². The van der Waals surface area contributed by atoms with Crippen LogP contribution in [0.15, 0.2) is 18.2 Å². The van der Waals surface area contributed by atoms with Crippen LogP contribution in [0.4, 0.5) is 11.4 Å². The van der Waals surface area contributed by atoms with Crippen molar-refractivity contribution in [3.63, 3.8) is 0 Å². The van der Waals surface area contributed by atoms with Gasteiger partial charge in [0.15, 0.2) is 0 Å². The SMILES string of the molecule is CNS(=O)(=O)Nc1c(N)cccc1Cl. The fourth-order valence-electron chi connectivity index (χ4n) is 0.834. The van der Waals surface area contributed by atoms with Crippen molar-refractivity contribution >= 4 is 33.2 Å². The molecule has 0 atom stereocenters. The van der Waals surface area contributed by atoms with Gasteiger partial charge in [0.05, 0.1) is 16.4 Å². The van der Waals surface area contributed by atoms with Crippen LogP contribution in [0.2, 0.25) is 5.02 Å². The number of nitrogens with one attached hydrogen (secondary N) is 2. The predicted molar refractivity (Wildman–Crippen MR) is 57.5 cm³/mol. The first-order chi connectivity index (χ1) is 6.46. The van der Waals surface area contributed by atoms with E-state index in [0.717, 1.165) is 0 Å². The molecule has 0 saturated heterocycles. The van der Waals surface area contributed by atoms with Gasteiger partial charge in [-0.3, -0.25) is 4.72 Å². The second kappa shape index (κ2) is 4.04. The van der Waals surface area contributed by atoms with Crippen molar-refractivity contribution < 1.29 is 8.42 Å². The molecule has 1 rings (SSSR count). The maximum atomic E-state index is 11.1. The summed E-state index contributed by atoms with van der Waals surface area (Å²) in [5, 5.41) is 0.254. The molecule has 0 unspecified atom stereocenters. The molecule has 1 aromatic carbocycles. The summed E-state index contributed by atoms with van der Waals surface area (Å²) in [6, 6.07) is 4.74. The van der Waals surface area contributed by atoms with E-state index in [1.807, 2.05) is 0 Å². The Kier molecular flexibility index (Phi) is 3.20. The molecule has 0 aliphatic rings. The first kappa shape index (κ1) is 11.1. The van der Waals surface area contributed by atoms with Gasteiger partial charge in [-0.05, 0) is 12.1 Å². The average Bonchev–Trinajstić information content (AvgIpc) is 2.12. The topological polar surface area (TPSA) is 84.2 Å². The molecule has 0 aliphatic carbocycles. The molecule has 0 amide bonds. The van der Waals surface area contributed by atoms with Crippen molar-refractivity contribution in [2.45, 2.75) is 0 Å². The second-order valence-electron chi connectivity index (χ2n) is 2.51. The molecule has 1 aromatic rings. The number of anilines is 2. The smallest absolute Gasteiger partial charge is 0.298 e. The van der Waals surface area contributed by atoms with Gasteiger partial charge < -0.3 is 5.73 Å². The van der Waals surface area contributed by atoms with Gasteiger partial charge in [-0.15, -0.1) is 0 Å². The van der Waals surface area contributed by atoms with Crippen molar-refractivity contribution in [3.05, 3.63) is 23.2 Å². The first-order valence-electron chi connectivity index (χ1n) is 3.71. The van der Waals surface area contributed by atoms with Crippen molar-refractivity contribution in [1.82, 2.24) is 4.72 Å². The van der Waals surface area contributed by atoms with E-state index in [4.69, 9.17) is 17.3 Å². The lowest BCUT2D eigenvalue weighted by Crippen LogP contribution is -2.26. The first-order valence-corrected chi connectivity index (χ1v) is 5.57. The molecule has 0 fully saturated rings. The van der Waals surface area contributed by atoms with Crippen LogP contribution < -0.4 is 15.2 Å². The van der Waals surface area contributed by atoms with Gasteiger partial charge in [-0.25, -0.2) is 4.72 Å². The number of rotatable bonds is 3. The predicted octanol–water partition coefficient (Wildman–Crippen LogP) is 0.798. The molecule has 0 aromatic heterocycles. The zero-order valence-electron chi connectivity index (χ0n) is 7.41. The molecule has 0 spiro atoms. The second-order valence-corrected chi connectivity index (χ2v) is 4.54. The molecule has 0 bridgehead atoms. The highest BCUT2D eigenvalue weighted by molar-refractivity contribution is 7.90. The summed E-state index contributed by atoms with van der Waals surface area (Å²) in [7, 11) is -2.29. The molecule has 7 heteroatoms. The quantitative estimate of drug-likeness (QED) is 0.678. The molecule has 14 heavy (non-hydrogen) atoms. The number of nitrogen functional groups attached to an aromatic ring is 1. The zero-order chi connectivity index (χ0) is 10.8. The number of halogens is 1. The minimum absolute atomic E-state index is 0.184. The Bertz CT molecular complexity index is 412. The lowest BCUT2D eigenvalue weighted by atomic mass is 10.3. The van der Waals surface area contributed by atoms with Crippen LogP contribution in [0.5, 0.6) is 0 Å². The van der Waals surface area contributed by atoms with Gasteiger partial charge in [-0.1, -0.05) is 17.7 Å². The van der Waals surface area contributed by atoms with Crippen LogP contribution in [-0.2, 0) is 10.2 Å². The van der Waals surface area contributed by atoms with Gasteiger partial charge in [0.1, 0.15) is 0 Å². The fourth-order valence-corrected chi connectivity index (χ4v) is 1.72. The van der Waals surface area contributed by atoms with Gasteiger partial charge >= 0.3 is 0 Å². The summed E-state index contributed by atoms with van der Waals surface area (Å²) >= 11 is 5.76. The zero-order valence-corrected chi connectivity index (χ0v) is 8.98. The molecule has 78 valence electrons. The summed E-state index contributed by atoms with van der Waals surface area (Å²) in [5.41, 5.74) is 6.00. The molecular weight excluding hydrogens is 226 g/mol. The monoisotopic (exact) mass is 235 g/mol. The molecular formula is C7H10ClN3O2S. The van der Waals surface area contributed by atoms with E-state index in [0.29, 0.717) is 0 Å². The van der Waals surface area contributed by atoms with Gasteiger partial charge in [0.2, 0.25) is 0 Å². The van der Waals surface area contributed by atoms with E-state index in [1.54, 1.807) is 18.2 Å². The molecule has 0 heterocycles. The molecule has 0 aliphatic heterocycles. The van der Waals surface area contributed by atoms with E-state index < -0.39 is 10.2 Å². The van der Waals surface area contributed by atoms with Gasteiger partial charge in [0.25, 0.3) is 10.2 Å². The molecule has 5 nitrogen and oxygen atoms in total. The van der Waals surface area contributed by atoms with E-state index in [-0.39, 0.29) is 16.4 Å². The third-order valence-electron chi connectivity index (χ3n) is 1.55. The van der Waals surface area contributed by atoms with Crippen molar-refractivity contribution in [2.24, 2.45) is 0 Å². The number of nitrogens with two attached hydrogens (primary N) is 1. The number of para-hydroxylation sites is 1. The lowest BCUT2D eigenvalue weighted by molar-refractivity contribution is 0.593. The maximum Gasteiger partial charge on any atom is 0.298 e. The molecule has 0 radical (unpaired) electrons. The minimum Gasteiger partial charge on any atom is -0.397 e. The summed E-state index contributed by atoms with van der Waals surface area (Å²) < 4.78 is 26.6. The normalized spacial score (nSPS) is 11.3. The third-order valence-corrected chi connectivity index (χ3v) is 2.88. The highest BCUT2D eigenvalue weighted by Crippen LogP contribution is 2.28. The Morgan fingerprint density at radius 1 is 1.43 bits per heavy atom. The lowest BCUT2D eigenvalue weighted by Gasteiger charge is -2.10. The van der Waals surface area contributed by atoms with Crippen LogP contribution in [-0.4, -0.2) is 15.5 Å². The van der Waals surface area contributed by atoms with E-state index in [2.05, 4.69) is 9.44 Å².